The first-order valence-corrected chi connectivity index (χ1v) is 8.06. The highest BCUT2D eigenvalue weighted by Gasteiger charge is 2.46. The van der Waals surface area contributed by atoms with Gasteiger partial charge in [0.25, 0.3) is 0 Å². The zero-order valence-electron chi connectivity index (χ0n) is 11.1. The molecule has 2 atom stereocenters. The van der Waals surface area contributed by atoms with E-state index in [1.54, 1.807) is 0 Å². The minimum Gasteiger partial charge on any atom is -0.388 e. The average Bonchev–Trinajstić information content (AvgIpc) is 3.10. The van der Waals surface area contributed by atoms with Gasteiger partial charge in [-0.05, 0) is 43.9 Å². The molecule has 1 N–H and O–H groups in total. The van der Waals surface area contributed by atoms with Crippen molar-refractivity contribution < 1.29 is 5.11 Å². The van der Waals surface area contributed by atoms with Gasteiger partial charge in [-0.2, -0.15) is 0 Å². The minimum atomic E-state index is -0.626. The summed E-state index contributed by atoms with van der Waals surface area (Å²) in [4.78, 5) is 2.47. The number of aliphatic hydroxyl groups is 1. The Morgan fingerprint density at radius 3 is 2.84 bits per heavy atom. The third-order valence-corrected chi connectivity index (χ3v) is 5.11. The topological polar surface area (TPSA) is 23.5 Å². The van der Waals surface area contributed by atoms with Crippen molar-refractivity contribution in [1.29, 1.82) is 0 Å². The lowest BCUT2D eigenvalue weighted by Gasteiger charge is -2.24. The number of β-amino-alcohol motifs (C(OH)–C–C–N with tert-alkyl or cyclic N) is 1. The van der Waals surface area contributed by atoms with Crippen LogP contribution in [0.4, 0.5) is 0 Å². The molecule has 2 fully saturated rings. The molecule has 0 amide bonds. The lowest BCUT2D eigenvalue weighted by atomic mass is 9.92. The Morgan fingerprint density at radius 2 is 2.21 bits per heavy atom. The van der Waals surface area contributed by atoms with Crippen LogP contribution in [0.15, 0.2) is 22.7 Å². The normalized spacial score (nSPS) is 31.9. The summed E-state index contributed by atoms with van der Waals surface area (Å²) in [6, 6.07) is 7.09. The molecule has 0 spiro atoms. The van der Waals surface area contributed by atoms with Crippen LogP contribution in [0.1, 0.15) is 31.7 Å². The van der Waals surface area contributed by atoms with E-state index in [-0.39, 0.29) is 0 Å². The Hall–Kier alpha value is -0.0900. The number of hydrogen-bond acceptors (Lipinski definition) is 2. The van der Waals surface area contributed by atoms with Crippen LogP contribution in [-0.2, 0) is 6.42 Å². The molecule has 2 nitrogen and oxygen atoms in total. The van der Waals surface area contributed by atoms with Crippen molar-refractivity contribution >= 4 is 27.5 Å². The van der Waals surface area contributed by atoms with E-state index in [0.29, 0.717) is 18.5 Å². The Labute approximate surface area is 127 Å². The van der Waals surface area contributed by atoms with Gasteiger partial charge in [0, 0.05) is 34.5 Å². The quantitative estimate of drug-likeness (QED) is 0.905. The Balaban J connectivity index is 1.75. The van der Waals surface area contributed by atoms with E-state index in [2.05, 4.69) is 27.8 Å². The van der Waals surface area contributed by atoms with Crippen LogP contribution in [-0.4, -0.2) is 34.2 Å². The Bertz CT molecular complexity index is 491. The zero-order valence-corrected chi connectivity index (χ0v) is 13.4. The maximum Gasteiger partial charge on any atom is 0.0829 e. The van der Waals surface area contributed by atoms with Crippen molar-refractivity contribution in [3.63, 3.8) is 0 Å². The van der Waals surface area contributed by atoms with Gasteiger partial charge >= 0.3 is 0 Å². The van der Waals surface area contributed by atoms with Crippen LogP contribution in [0.2, 0.25) is 5.02 Å². The number of nitrogens with zero attached hydrogens (tertiary/aromatic N) is 1. The van der Waals surface area contributed by atoms with Crippen LogP contribution in [0, 0.1) is 0 Å². The summed E-state index contributed by atoms with van der Waals surface area (Å²) in [7, 11) is 0. The molecular formula is C15H19BrClNO. The molecule has 4 heteroatoms. The first kappa shape index (κ1) is 13.9. The van der Waals surface area contributed by atoms with E-state index in [0.717, 1.165) is 28.0 Å². The van der Waals surface area contributed by atoms with Crippen LogP contribution >= 0.6 is 27.5 Å². The zero-order chi connectivity index (χ0) is 13.6. The smallest absolute Gasteiger partial charge is 0.0829 e. The largest absolute Gasteiger partial charge is 0.388 e. The fourth-order valence-electron chi connectivity index (χ4n) is 3.27. The monoisotopic (exact) mass is 343 g/mol. The summed E-state index contributed by atoms with van der Waals surface area (Å²) in [5, 5.41) is 11.6. The van der Waals surface area contributed by atoms with Crippen LogP contribution in [0.5, 0.6) is 0 Å². The average molecular weight is 345 g/mol. The van der Waals surface area contributed by atoms with E-state index in [4.69, 9.17) is 11.6 Å². The molecule has 2 unspecified atom stereocenters. The highest BCUT2D eigenvalue weighted by atomic mass is 79.9. The summed E-state index contributed by atoms with van der Waals surface area (Å²) >= 11 is 9.68. The van der Waals surface area contributed by atoms with Gasteiger partial charge in [-0.25, -0.2) is 0 Å². The van der Waals surface area contributed by atoms with E-state index in [1.807, 2.05) is 18.2 Å². The number of hydrogen-bond donors (Lipinski definition) is 1. The minimum absolute atomic E-state index is 0.478. The molecule has 1 aromatic carbocycles. The molecule has 1 heterocycles. The Morgan fingerprint density at radius 1 is 1.47 bits per heavy atom. The predicted octanol–water partition coefficient (Wildman–Crippen LogP) is 3.63. The van der Waals surface area contributed by atoms with Crippen molar-refractivity contribution in [3.05, 3.63) is 33.3 Å². The molecule has 0 bridgehead atoms. The fraction of sp³-hybridized carbons (Fsp3) is 0.600. The van der Waals surface area contributed by atoms with Gasteiger partial charge in [0.2, 0.25) is 0 Å². The summed E-state index contributed by atoms with van der Waals surface area (Å²) < 4.78 is 0.979. The highest BCUT2D eigenvalue weighted by molar-refractivity contribution is 9.10. The molecular weight excluding hydrogens is 326 g/mol. The van der Waals surface area contributed by atoms with Crippen LogP contribution in [0.25, 0.3) is 0 Å². The molecule has 104 valence electrons. The fourth-order valence-corrected chi connectivity index (χ4v) is 4.01. The molecule has 1 saturated carbocycles. The summed E-state index contributed by atoms with van der Waals surface area (Å²) in [6.07, 6.45) is 4.07. The number of benzene rings is 1. The first-order valence-electron chi connectivity index (χ1n) is 6.89. The van der Waals surface area contributed by atoms with Crippen molar-refractivity contribution in [3.8, 4) is 0 Å². The van der Waals surface area contributed by atoms with Crippen molar-refractivity contribution in [2.24, 2.45) is 0 Å². The van der Waals surface area contributed by atoms with Crippen molar-refractivity contribution in [2.45, 2.75) is 50.3 Å². The van der Waals surface area contributed by atoms with Crippen molar-refractivity contribution in [1.82, 2.24) is 4.90 Å². The van der Waals surface area contributed by atoms with Gasteiger partial charge in [-0.15, -0.1) is 0 Å². The molecule has 1 aliphatic carbocycles. The van der Waals surface area contributed by atoms with Gasteiger partial charge < -0.3 is 5.11 Å². The molecule has 0 radical (unpaired) electrons. The van der Waals surface area contributed by atoms with Gasteiger partial charge in [0.05, 0.1) is 5.60 Å². The summed E-state index contributed by atoms with van der Waals surface area (Å²) in [6.45, 7) is 3.00. The second-order valence-electron chi connectivity index (χ2n) is 6.09. The van der Waals surface area contributed by atoms with Crippen LogP contribution in [0.3, 0.4) is 0 Å². The molecule has 2 aliphatic rings. The summed E-state index contributed by atoms with van der Waals surface area (Å²) in [5.74, 6) is 0. The lowest BCUT2D eigenvalue weighted by Crippen LogP contribution is -2.36. The lowest BCUT2D eigenvalue weighted by molar-refractivity contribution is 0.0487. The molecule has 0 aromatic heterocycles. The number of rotatable bonds is 3. The van der Waals surface area contributed by atoms with E-state index in [1.165, 1.54) is 12.8 Å². The summed E-state index contributed by atoms with van der Waals surface area (Å²) in [5.41, 5.74) is 0.414. The number of halogens is 2. The van der Waals surface area contributed by atoms with Gasteiger partial charge in [-0.3, -0.25) is 4.90 Å². The van der Waals surface area contributed by atoms with Crippen LogP contribution < -0.4 is 0 Å². The SMILES string of the molecule is CC1CC(O)(Cc2ccc(Br)cc2Cl)CN1C1CC1. The van der Waals surface area contributed by atoms with Gasteiger partial charge in [0.15, 0.2) is 0 Å². The Kier molecular flexibility index (Phi) is 3.67. The van der Waals surface area contributed by atoms with E-state index >= 15 is 0 Å². The van der Waals surface area contributed by atoms with Gasteiger partial charge in [0.1, 0.15) is 0 Å². The first-order chi connectivity index (χ1) is 8.97. The molecule has 19 heavy (non-hydrogen) atoms. The molecule has 1 aliphatic heterocycles. The highest BCUT2D eigenvalue weighted by Crippen LogP contribution is 2.39. The number of likely N-dealkylation sites (tertiary alicyclic amines) is 1. The molecule has 3 rings (SSSR count). The van der Waals surface area contributed by atoms with E-state index < -0.39 is 5.60 Å². The second-order valence-corrected chi connectivity index (χ2v) is 7.42. The van der Waals surface area contributed by atoms with Gasteiger partial charge in [-0.1, -0.05) is 33.6 Å². The molecule has 1 aromatic rings. The predicted molar refractivity (Wildman–Crippen MR) is 81.6 cm³/mol. The standard InChI is InChI=1S/C15H19BrClNO/c1-10-7-15(19,9-18(10)13-4-5-13)8-11-2-3-12(16)6-14(11)17/h2-3,6,10,13,19H,4-5,7-9H2,1H3. The maximum atomic E-state index is 10.8. The third-order valence-electron chi connectivity index (χ3n) is 4.27. The van der Waals surface area contributed by atoms with E-state index in [9.17, 15) is 5.11 Å². The second kappa shape index (κ2) is 5.03. The molecule has 1 saturated heterocycles. The maximum absolute atomic E-state index is 10.8. The van der Waals surface area contributed by atoms with Crippen molar-refractivity contribution in [2.75, 3.05) is 6.54 Å². The third kappa shape index (κ3) is 2.99.